The zero-order chi connectivity index (χ0) is 6.85. The van der Waals surface area contributed by atoms with Crippen LogP contribution in [0.15, 0.2) is 22.7 Å². The van der Waals surface area contributed by atoms with Gasteiger partial charge in [-0.2, -0.15) is 0 Å². The molecule has 0 heterocycles. The standard InChI is InChI=1S/C6H5BrO2/c7-4-1-2-5(8)6(9)3-4/h1-3,8-9H/i1+2,2+2,3+2,4+2,5+2,6+2. The van der Waals surface area contributed by atoms with E-state index in [1.165, 1.54) is 12.1 Å². The molecule has 1 aromatic rings. The molecular formula is C6H5BrO2. The van der Waals surface area contributed by atoms with Gasteiger partial charge >= 0.3 is 0 Å². The molecule has 0 radical (unpaired) electrons. The summed E-state index contributed by atoms with van der Waals surface area (Å²) in [5.74, 6) is -0.206. The van der Waals surface area contributed by atoms with Crippen molar-refractivity contribution in [3.63, 3.8) is 0 Å². The van der Waals surface area contributed by atoms with Gasteiger partial charge in [0.2, 0.25) is 0 Å². The maximum atomic E-state index is 8.82. The molecule has 0 spiro atoms. The first kappa shape index (κ1) is 6.42. The van der Waals surface area contributed by atoms with Crippen molar-refractivity contribution in [1.82, 2.24) is 0 Å². The fourth-order valence-corrected chi connectivity index (χ4v) is 0.846. The zero-order valence-electron chi connectivity index (χ0n) is 4.50. The van der Waals surface area contributed by atoms with Crippen LogP contribution in [-0.2, 0) is 0 Å². The summed E-state index contributed by atoms with van der Waals surface area (Å²) >= 11 is 3.13. The van der Waals surface area contributed by atoms with Crippen LogP contribution in [0.1, 0.15) is 0 Å². The van der Waals surface area contributed by atoms with Gasteiger partial charge in [-0.05, 0) is 18.2 Å². The number of phenols is 2. The van der Waals surface area contributed by atoms with Crippen LogP contribution in [0.2, 0.25) is 0 Å². The molecule has 0 bridgehead atoms. The third-order valence-electron chi connectivity index (χ3n) is 0.937. The summed E-state index contributed by atoms with van der Waals surface area (Å²) in [5, 5.41) is 17.6. The molecule has 0 amide bonds. The summed E-state index contributed by atoms with van der Waals surface area (Å²) in [6, 6.07) is 4.49. The number of rotatable bonds is 0. The highest BCUT2D eigenvalue weighted by Gasteiger charge is 1.95. The van der Waals surface area contributed by atoms with Crippen molar-refractivity contribution in [2.45, 2.75) is 0 Å². The van der Waals surface area contributed by atoms with Crippen molar-refractivity contribution in [3.8, 4) is 11.5 Å². The zero-order valence-corrected chi connectivity index (χ0v) is 6.09. The van der Waals surface area contributed by atoms with Crippen LogP contribution < -0.4 is 0 Å². The Balaban J connectivity index is 3.17. The highest BCUT2D eigenvalue weighted by molar-refractivity contribution is 9.10. The highest BCUT2D eigenvalue weighted by atomic mass is 79.9. The lowest BCUT2D eigenvalue weighted by molar-refractivity contribution is 0.403. The second kappa shape index (κ2) is 2.27. The van der Waals surface area contributed by atoms with Crippen LogP contribution in [0.5, 0.6) is 11.5 Å². The lowest BCUT2D eigenvalue weighted by Gasteiger charge is -1.94. The molecule has 0 aliphatic heterocycles. The fraction of sp³-hybridized carbons (Fsp3) is 0. The molecule has 0 aliphatic rings. The van der Waals surface area contributed by atoms with E-state index in [0.717, 1.165) is 4.47 Å². The third-order valence-corrected chi connectivity index (χ3v) is 1.43. The molecule has 9 heavy (non-hydrogen) atoms. The highest BCUT2D eigenvalue weighted by Crippen LogP contribution is 2.26. The molecule has 0 aromatic heterocycles. The van der Waals surface area contributed by atoms with Gasteiger partial charge in [-0.3, -0.25) is 0 Å². The Bertz CT molecular complexity index is 222. The van der Waals surface area contributed by atoms with Gasteiger partial charge in [-0.25, -0.2) is 0 Å². The normalized spacial score (nSPS) is 9.44. The average molecular weight is 201 g/mol. The average Bonchev–Trinajstić information content (AvgIpc) is 1.80. The van der Waals surface area contributed by atoms with Crippen LogP contribution >= 0.6 is 15.9 Å². The summed E-state index contributed by atoms with van der Waals surface area (Å²) in [6.45, 7) is 0. The van der Waals surface area contributed by atoms with Crippen molar-refractivity contribution in [1.29, 1.82) is 0 Å². The van der Waals surface area contributed by atoms with Crippen molar-refractivity contribution in [3.05, 3.63) is 22.7 Å². The minimum Gasteiger partial charge on any atom is -0.504 e. The number of halogens is 1. The minimum absolute atomic E-state index is 0.0989. The molecule has 0 unspecified atom stereocenters. The summed E-state index contributed by atoms with van der Waals surface area (Å²) < 4.78 is 0.748. The Labute approximate surface area is 60.9 Å². The smallest absolute Gasteiger partial charge is 0.158 e. The minimum atomic E-state index is -0.107. The molecule has 3 heteroatoms. The predicted octanol–water partition coefficient (Wildman–Crippen LogP) is 1.86. The number of benzene rings is 1. The Morgan fingerprint density at radius 1 is 1.11 bits per heavy atom. The van der Waals surface area contributed by atoms with Crippen molar-refractivity contribution in [2.75, 3.05) is 0 Å². The first-order valence-corrected chi connectivity index (χ1v) is 3.17. The van der Waals surface area contributed by atoms with Gasteiger partial charge in [0, 0.05) is 4.47 Å². The Morgan fingerprint density at radius 3 is 2.22 bits per heavy atom. The Kier molecular flexibility index (Phi) is 1.62. The summed E-state index contributed by atoms with van der Waals surface area (Å²) in [4.78, 5) is 0. The van der Waals surface area contributed by atoms with E-state index in [1.807, 2.05) is 0 Å². The molecular weight excluding hydrogens is 196 g/mol. The molecule has 0 atom stereocenters. The lowest BCUT2D eigenvalue weighted by Crippen LogP contribution is -1.66. The van der Waals surface area contributed by atoms with Crippen LogP contribution in [-0.4, -0.2) is 10.2 Å². The first-order chi connectivity index (χ1) is 4.20. The molecule has 1 rings (SSSR count). The van der Waals surface area contributed by atoms with Crippen molar-refractivity contribution < 1.29 is 10.2 Å². The van der Waals surface area contributed by atoms with Crippen molar-refractivity contribution in [2.24, 2.45) is 0 Å². The molecule has 2 N–H and O–H groups in total. The number of phenolic OH excluding ortho intramolecular Hbond substituents is 2. The van der Waals surface area contributed by atoms with E-state index in [2.05, 4.69) is 15.9 Å². The van der Waals surface area contributed by atoms with Crippen LogP contribution in [0.25, 0.3) is 0 Å². The van der Waals surface area contributed by atoms with E-state index in [0.29, 0.717) is 0 Å². The molecule has 48 valence electrons. The maximum Gasteiger partial charge on any atom is 0.158 e. The predicted molar refractivity (Wildman–Crippen MR) is 37.5 cm³/mol. The van der Waals surface area contributed by atoms with Crippen LogP contribution in [0.3, 0.4) is 0 Å². The lowest BCUT2D eigenvalue weighted by atomic mass is 12.3. The fourth-order valence-electron chi connectivity index (χ4n) is 0.497. The van der Waals surface area contributed by atoms with E-state index in [-0.39, 0.29) is 11.5 Å². The maximum absolute atomic E-state index is 8.82. The van der Waals surface area contributed by atoms with Gasteiger partial charge in [0.1, 0.15) is 0 Å². The molecule has 0 saturated heterocycles. The van der Waals surface area contributed by atoms with Gasteiger partial charge in [0.25, 0.3) is 0 Å². The Hall–Kier alpha value is -0.700. The summed E-state index contributed by atoms with van der Waals surface area (Å²) in [7, 11) is 0. The molecule has 1 aromatic carbocycles. The van der Waals surface area contributed by atoms with Gasteiger partial charge in [0.15, 0.2) is 11.5 Å². The quantitative estimate of drug-likeness (QED) is 0.628. The van der Waals surface area contributed by atoms with E-state index < -0.39 is 0 Å². The first-order valence-electron chi connectivity index (χ1n) is 2.37. The number of hydrogen-bond acceptors (Lipinski definition) is 2. The number of aromatic hydroxyl groups is 2. The largest absolute Gasteiger partial charge is 0.504 e. The SMILES string of the molecule is O[14c]1[14cH][14cH][14c](Br)[14cH][14c]1O. The van der Waals surface area contributed by atoms with Crippen LogP contribution in [0, 0.1) is 0 Å². The number of hydrogen-bond donors (Lipinski definition) is 2. The second-order valence-corrected chi connectivity index (χ2v) is 2.55. The van der Waals surface area contributed by atoms with E-state index in [9.17, 15) is 0 Å². The second-order valence-electron chi connectivity index (χ2n) is 1.63. The van der Waals surface area contributed by atoms with Crippen LogP contribution in [0.4, 0.5) is 0 Å². The van der Waals surface area contributed by atoms with E-state index >= 15 is 0 Å². The molecule has 0 saturated carbocycles. The third kappa shape index (κ3) is 1.36. The topological polar surface area (TPSA) is 40.5 Å². The molecule has 0 aliphatic carbocycles. The van der Waals surface area contributed by atoms with Crippen molar-refractivity contribution >= 4 is 15.9 Å². The molecule has 2 nitrogen and oxygen atoms in total. The monoisotopic (exact) mass is 200 g/mol. The van der Waals surface area contributed by atoms with Gasteiger partial charge in [0.05, 0.1) is 0 Å². The summed E-state index contributed by atoms with van der Waals surface area (Å²) in [5.41, 5.74) is 0. The Morgan fingerprint density at radius 2 is 1.78 bits per heavy atom. The molecule has 0 fully saturated rings. The van der Waals surface area contributed by atoms with Gasteiger partial charge < -0.3 is 10.2 Å². The summed E-state index contributed by atoms with van der Waals surface area (Å²) in [6.07, 6.45) is 0. The van der Waals surface area contributed by atoms with E-state index in [4.69, 9.17) is 10.2 Å². The van der Waals surface area contributed by atoms with E-state index in [1.54, 1.807) is 6.07 Å². The van der Waals surface area contributed by atoms with Gasteiger partial charge in [-0.1, -0.05) is 15.9 Å². The van der Waals surface area contributed by atoms with Gasteiger partial charge in [-0.15, -0.1) is 0 Å².